The van der Waals surface area contributed by atoms with E-state index < -0.39 is 0 Å². The lowest BCUT2D eigenvalue weighted by Crippen LogP contribution is -2.36. The minimum absolute atomic E-state index is 0.108. The molecular formula is C15H23N3O. The fourth-order valence-corrected chi connectivity index (χ4v) is 2.63. The fraction of sp³-hybridized carbons (Fsp3) is 0.533. The summed E-state index contributed by atoms with van der Waals surface area (Å²) >= 11 is 0. The molecule has 0 aromatic heterocycles. The van der Waals surface area contributed by atoms with Crippen LogP contribution >= 0.6 is 0 Å². The molecule has 0 fully saturated rings. The molecule has 1 amide bonds. The third-order valence-electron chi connectivity index (χ3n) is 3.40. The Hall–Kier alpha value is -1.71. The van der Waals surface area contributed by atoms with Crippen molar-refractivity contribution in [3.63, 3.8) is 0 Å². The Balaban J connectivity index is 2.02. The first-order valence-electron chi connectivity index (χ1n) is 6.99. The van der Waals surface area contributed by atoms with Crippen molar-refractivity contribution >= 4 is 17.3 Å². The number of fused-ring (bicyclic) bond motifs is 1. The summed E-state index contributed by atoms with van der Waals surface area (Å²) in [4.78, 5) is 14.0. The monoisotopic (exact) mass is 261 g/mol. The predicted octanol–water partition coefficient (Wildman–Crippen LogP) is 1.94. The van der Waals surface area contributed by atoms with Gasteiger partial charge in [0.1, 0.15) is 0 Å². The number of nitrogens with one attached hydrogen (secondary N) is 1. The van der Waals surface area contributed by atoms with Gasteiger partial charge in [0.15, 0.2) is 0 Å². The SMILES string of the molecule is CC(C)NC(=O)CCN1CCCc2cccc(N)c21. The third kappa shape index (κ3) is 3.40. The summed E-state index contributed by atoms with van der Waals surface area (Å²) in [5.74, 6) is 0.108. The maximum Gasteiger partial charge on any atom is 0.221 e. The van der Waals surface area contributed by atoms with Crippen molar-refractivity contribution in [3.8, 4) is 0 Å². The number of hydrogen-bond donors (Lipinski definition) is 2. The lowest BCUT2D eigenvalue weighted by Gasteiger charge is -2.32. The van der Waals surface area contributed by atoms with Crippen molar-refractivity contribution in [3.05, 3.63) is 23.8 Å². The van der Waals surface area contributed by atoms with E-state index in [1.54, 1.807) is 0 Å². The average Bonchev–Trinajstić information content (AvgIpc) is 2.35. The number of anilines is 2. The van der Waals surface area contributed by atoms with Crippen molar-refractivity contribution in [2.75, 3.05) is 23.7 Å². The molecule has 1 heterocycles. The molecule has 0 saturated heterocycles. The second kappa shape index (κ2) is 5.95. The topological polar surface area (TPSA) is 58.4 Å². The van der Waals surface area contributed by atoms with Gasteiger partial charge in [-0.3, -0.25) is 4.79 Å². The van der Waals surface area contributed by atoms with Gasteiger partial charge in [0.05, 0.1) is 11.4 Å². The van der Waals surface area contributed by atoms with Crippen LogP contribution in [0, 0.1) is 0 Å². The van der Waals surface area contributed by atoms with Crippen molar-refractivity contribution in [2.45, 2.75) is 39.2 Å². The van der Waals surface area contributed by atoms with E-state index in [1.807, 2.05) is 26.0 Å². The molecule has 4 nitrogen and oxygen atoms in total. The molecule has 0 bridgehead atoms. The molecule has 0 unspecified atom stereocenters. The lowest BCUT2D eigenvalue weighted by atomic mass is 10.0. The van der Waals surface area contributed by atoms with Gasteiger partial charge in [-0.2, -0.15) is 0 Å². The minimum Gasteiger partial charge on any atom is -0.397 e. The number of hydrogen-bond acceptors (Lipinski definition) is 3. The summed E-state index contributed by atoms with van der Waals surface area (Å²) < 4.78 is 0. The van der Waals surface area contributed by atoms with Crippen molar-refractivity contribution in [1.82, 2.24) is 5.32 Å². The highest BCUT2D eigenvalue weighted by atomic mass is 16.1. The van der Waals surface area contributed by atoms with Crippen LogP contribution in [0.2, 0.25) is 0 Å². The summed E-state index contributed by atoms with van der Waals surface area (Å²) in [7, 11) is 0. The maximum atomic E-state index is 11.7. The number of benzene rings is 1. The second-order valence-corrected chi connectivity index (χ2v) is 5.42. The van der Waals surface area contributed by atoms with E-state index in [0.717, 1.165) is 37.3 Å². The zero-order valence-corrected chi connectivity index (χ0v) is 11.8. The van der Waals surface area contributed by atoms with E-state index in [0.29, 0.717) is 6.42 Å². The van der Waals surface area contributed by atoms with Crippen LogP contribution in [0.15, 0.2) is 18.2 Å². The zero-order valence-electron chi connectivity index (χ0n) is 11.8. The lowest BCUT2D eigenvalue weighted by molar-refractivity contribution is -0.121. The van der Waals surface area contributed by atoms with E-state index in [2.05, 4.69) is 16.3 Å². The van der Waals surface area contributed by atoms with Crippen LogP contribution in [0.25, 0.3) is 0 Å². The first-order valence-corrected chi connectivity index (χ1v) is 6.99. The summed E-state index contributed by atoms with van der Waals surface area (Å²) in [6, 6.07) is 6.27. The molecule has 1 aromatic carbocycles. The number of amides is 1. The largest absolute Gasteiger partial charge is 0.397 e. The second-order valence-electron chi connectivity index (χ2n) is 5.42. The maximum absolute atomic E-state index is 11.7. The first kappa shape index (κ1) is 13.7. The van der Waals surface area contributed by atoms with Crippen LogP contribution < -0.4 is 16.0 Å². The summed E-state index contributed by atoms with van der Waals surface area (Å²) in [5, 5.41) is 2.92. The van der Waals surface area contributed by atoms with E-state index in [9.17, 15) is 4.79 Å². The van der Waals surface area contributed by atoms with Crippen LogP contribution in [-0.4, -0.2) is 25.0 Å². The summed E-state index contributed by atoms with van der Waals surface area (Å²) in [6.07, 6.45) is 2.73. The summed E-state index contributed by atoms with van der Waals surface area (Å²) in [6.45, 7) is 5.67. The van der Waals surface area contributed by atoms with Crippen molar-refractivity contribution < 1.29 is 4.79 Å². The molecular weight excluding hydrogens is 238 g/mol. The van der Waals surface area contributed by atoms with Crippen LogP contribution in [0.4, 0.5) is 11.4 Å². The van der Waals surface area contributed by atoms with E-state index in [-0.39, 0.29) is 11.9 Å². The Kier molecular flexibility index (Phi) is 4.30. The van der Waals surface area contributed by atoms with E-state index in [1.165, 1.54) is 5.56 Å². The number of nitrogens with two attached hydrogens (primary N) is 1. The molecule has 3 N–H and O–H groups in total. The van der Waals surface area contributed by atoms with Crippen molar-refractivity contribution in [2.24, 2.45) is 0 Å². The number of rotatable bonds is 4. The van der Waals surface area contributed by atoms with Gasteiger partial charge in [-0.15, -0.1) is 0 Å². The smallest absolute Gasteiger partial charge is 0.221 e. The van der Waals surface area contributed by atoms with Gasteiger partial charge in [-0.1, -0.05) is 12.1 Å². The molecule has 0 atom stereocenters. The molecule has 19 heavy (non-hydrogen) atoms. The van der Waals surface area contributed by atoms with Crippen LogP contribution in [0.5, 0.6) is 0 Å². The molecule has 1 aromatic rings. The normalized spacial score (nSPS) is 14.4. The number of aryl methyl sites for hydroxylation is 1. The highest BCUT2D eigenvalue weighted by Gasteiger charge is 2.19. The van der Waals surface area contributed by atoms with E-state index >= 15 is 0 Å². The molecule has 0 aliphatic carbocycles. The highest BCUT2D eigenvalue weighted by molar-refractivity contribution is 5.78. The molecule has 0 radical (unpaired) electrons. The van der Waals surface area contributed by atoms with Gasteiger partial charge in [-0.25, -0.2) is 0 Å². The van der Waals surface area contributed by atoms with Gasteiger partial charge >= 0.3 is 0 Å². The number of para-hydroxylation sites is 1. The predicted molar refractivity (Wildman–Crippen MR) is 79.3 cm³/mol. The Morgan fingerprint density at radius 1 is 1.47 bits per heavy atom. The van der Waals surface area contributed by atoms with Crippen molar-refractivity contribution in [1.29, 1.82) is 0 Å². The van der Waals surface area contributed by atoms with Crippen LogP contribution in [0.3, 0.4) is 0 Å². The molecule has 2 rings (SSSR count). The molecule has 0 spiro atoms. The molecule has 1 aliphatic rings. The average molecular weight is 261 g/mol. The van der Waals surface area contributed by atoms with Gasteiger partial charge in [0, 0.05) is 25.6 Å². The Morgan fingerprint density at radius 3 is 3.00 bits per heavy atom. The Morgan fingerprint density at radius 2 is 2.26 bits per heavy atom. The van der Waals surface area contributed by atoms with Gasteiger partial charge in [0.25, 0.3) is 0 Å². The molecule has 4 heteroatoms. The number of nitrogens with zero attached hydrogens (tertiary/aromatic N) is 1. The quantitative estimate of drug-likeness (QED) is 0.814. The number of carbonyl (C=O) groups excluding carboxylic acids is 1. The fourth-order valence-electron chi connectivity index (χ4n) is 2.63. The zero-order chi connectivity index (χ0) is 13.8. The minimum atomic E-state index is 0.108. The van der Waals surface area contributed by atoms with Crippen LogP contribution in [0.1, 0.15) is 32.3 Å². The summed E-state index contributed by atoms with van der Waals surface area (Å²) in [5.41, 5.74) is 9.33. The van der Waals surface area contributed by atoms with Gasteiger partial charge in [0.2, 0.25) is 5.91 Å². The molecule has 0 saturated carbocycles. The van der Waals surface area contributed by atoms with Gasteiger partial charge < -0.3 is 16.0 Å². The number of carbonyl (C=O) groups is 1. The van der Waals surface area contributed by atoms with E-state index in [4.69, 9.17) is 5.73 Å². The first-order chi connectivity index (χ1) is 9.08. The van der Waals surface area contributed by atoms with Crippen LogP contribution in [-0.2, 0) is 11.2 Å². The number of nitrogen functional groups attached to an aromatic ring is 1. The van der Waals surface area contributed by atoms with Gasteiger partial charge in [-0.05, 0) is 38.3 Å². The highest BCUT2D eigenvalue weighted by Crippen LogP contribution is 2.32. The molecule has 1 aliphatic heterocycles. The standard InChI is InChI=1S/C15H23N3O/c1-11(2)17-14(19)8-10-18-9-4-6-12-5-3-7-13(16)15(12)18/h3,5,7,11H,4,6,8-10,16H2,1-2H3,(H,17,19). The Labute approximate surface area is 115 Å². The third-order valence-corrected chi connectivity index (χ3v) is 3.40. The molecule has 104 valence electrons. The Bertz CT molecular complexity index is 457.